The van der Waals surface area contributed by atoms with Crippen LogP contribution in [0.5, 0.6) is 0 Å². The fraction of sp³-hybridized carbons (Fsp3) is 0.364. The van der Waals surface area contributed by atoms with Gasteiger partial charge in [0, 0.05) is 5.38 Å². The highest BCUT2D eigenvalue weighted by atomic mass is 32.1. The number of carbonyl (C=O) groups is 1. The number of nitrogens with one attached hydrogen (secondary N) is 1. The number of hydrogen-bond acceptors (Lipinski definition) is 7. The van der Waals surface area contributed by atoms with E-state index in [-0.39, 0.29) is 0 Å². The Labute approximate surface area is 113 Å². The van der Waals surface area contributed by atoms with Crippen LogP contribution in [0, 0.1) is 6.92 Å². The summed E-state index contributed by atoms with van der Waals surface area (Å²) in [6, 6.07) is 0. The monoisotopic (exact) mass is 283 g/mol. The van der Waals surface area contributed by atoms with Gasteiger partial charge in [0.25, 0.3) is 0 Å². The molecule has 0 spiro atoms. The Morgan fingerprint density at radius 2 is 2.33 bits per heavy atom. The Morgan fingerprint density at radius 3 is 3.00 bits per heavy atom. The zero-order chi connectivity index (χ0) is 13.0. The molecular formula is C11H13N3O2S2. The first-order valence-electron chi connectivity index (χ1n) is 5.46. The van der Waals surface area contributed by atoms with Crippen LogP contribution in [0.15, 0.2) is 10.9 Å². The van der Waals surface area contributed by atoms with Gasteiger partial charge in [-0.3, -0.25) is 0 Å². The number of thiazole rings is 2. The van der Waals surface area contributed by atoms with Crippen molar-refractivity contribution in [1.82, 2.24) is 9.97 Å². The standard InChI is InChI=1S/C11H13N3O2S2/c1-3-16-11(15)9-10(18-6-13-9)12-4-8-5-17-7(2)14-8/h5-6,12H,3-4H2,1-2H3. The van der Waals surface area contributed by atoms with Crippen molar-refractivity contribution in [2.75, 3.05) is 11.9 Å². The van der Waals surface area contributed by atoms with Crippen molar-refractivity contribution in [3.63, 3.8) is 0 Å². The molecule has 0 unspecified atom stereocenters. The summed E-state index contributed by atoms with van der Waals surface area (Å²) in [5.41, 5.74) is 2.93. The zero-order valence-corrected chi connectivity index (χ0v) is 11.7. The van der Waals surface area contributed by atoms with Gasteiger partial charge in [0.05, 0.1) is 29.4 Å². The molecule has 1 N–H and O–H groups in total. The van der Waals surface area contributed by atoms with Gasteiger partial charge in [-0.1, -0.05) is 0 Å². The summed E-state index contributed by atoms with van der Waals surface area (Å²) >= 11 is 2.99. The van der Waals surface area contributed by atoms with E-state index in [1.807, 2.05) is 12.3 Å². The van der Waals surface area contributed by atoms with Crippen LogP contribution in [0.25, 0.3) is 0 Å². The van der Waals surface area contributed by atoms with Gasteiger partial charge in [-0.05, 0) is 13.8 Å². The van der Waals surface area contributed by atoms with Gasteiger partial charge in [-0.2, -0.15) is 0 Å². The minimum Gasteiger partial charge on any atom is -0.461 e. The second kappa shape index (κ2) is 5.92. The van der Waals surface area contributed by atoms with Crippen molar-refractivity contribution < 1.29 is 9.53 Å². The van der Waals surface area contributed by atoms with Crippen molar-refractivity contribution in [3.05, 3.63) is 27.3 Å². The molecule has 5 nitrogen and oxygen atoms in total. The molecule has 0 aliphatic carbocycles. The molecule has 0 amide bonds. The topological polar surface area (TPSA) is 64.1 Å². The van der Waals surface area contributed by atoms with E-state index in [0.29, 0.717) is 18.8 Å². The van der Waals surface area contributed by atoms with Crippen LogP contribution >= 0.6 is 22.7 Å². The Balaban J connectivity index is 2.01. The second-order valence-corrected chi connectivity index (χ2v) is 5.38. The minimum atomic E-state index is -0.393. The molecular weight excluding hydrogens is 270 g/mol. The predicted octanol–water partition coefficient (Wildman–Crippen LogP) is 2.70. The zero-order valence-electron chi connectivity index (χ0n) is 10.1. The van der Waals surface area contributed by atoms with Gasteiger partial charge in [0.15, 0.2) is 5.69 Å². The van der Waals surface area contributed by atoms with Crippen molar-refractivity contribution in [3.8, 4) is 0 Å². The van der Waals surface area contributed by atoms with Crippen molar-refractivity contribution >= 4 is 33.6 Å². The number of rotatable bonds is 5. The number of ether oxygens (including phenoxy) is 1. The van der Waals surface area contributed by atoms with Crippen LogP contribution < -0.4 is 5.32 Å². The lowest BCUT2D eigenvalue weighted by atomic mass is 10.4. The van der Waals surface area contributed by atoms with Gasteiger partial charge in [0.2, 0.25) is 0 Å². The van der Waals surface area contributed by atoms with E-state index in [2.05, 4.69) is 15.3 Å². The van der Waals surface area contributed by atoms with E-state index in [4.69, 9.17) is 4.74 Å². The highest BCUT2D eigenvalue weighted by molar-refractivity contribution is 7.14. The van der Waals surface area contributed by atoms with E-state index < -0.39 is 5.97 Å². The first kappa shape index (κ1) is 13.0. The first-order chi connectivity index (χ1) is 8.70. The van der Waals surface area contributed by atoms with Gasteiger partial charge in [-0.15, -0.1) is 22.7 Å². The summed E-state index contributed by atoms with van der Waals surface area (Å²) in [5, 5.41) is 6.91. The largest absolute Gasteiger partial charge is 0.461 e. The van der Waals surface area contributed by atoms with Crippen LogP contribution in [0.3, 0.4) is 0 Å². The molecule has 96 valence electrons. The number of carbonyl (C=O) groups excluding carboxylic acids is 1. The quantitative estimate of drug-likeness (QED) is 0.855. The molecule has 0 aromatic carbocycles. The van der Waals surface area contributed by atoms with Crippen molar-refractivity contribution in [1.29, 1.82) is 0 Å². The summed E-state index contributed by atoms with van der Waals surface area (Å²) < 4.78 is 4.93. The molecule has 2 heterocycles. The average Bonchev–Trinajstić information content (AvgIpc) is 2.95. The summed E-state index contributed by atoms with van der Waals surface area (Å²) in [6.07, 6.45) is 0. The average molecular weight is 283 g/mol. The number of hydrogen-bond donors (Lipinski definition) is 1. The maximum Gasteiger partial charge on any atom is 0.360 e. The Kier molecular flexibility index (Phi) is 4.27. The Hall–Kier alpha value is -1.47. The number of aryl methyl sites for hydroxylation is 1. The van der Waals surface area contributed by atoms with Crippen molar-refractivity contribution in [2.45, 2.75) is 20.4 Å². The Morgan fingerprint density at radius 1 is 1.50 bits per heavy atom. The van der Waals surface area contributed by atoms with E-state index in [1.165, 1.54) is 11.3 Å². The lowest BCUT2D eigenvalue weighted by Gasteiger charge is -2.04. The van der Waals surface area contributed by atoms with Crippen molar-refractivity contribution in [2.24, 2.45) is 0 Å². The molecule has 2 rings (SSSR count). The molecule has 2 aromatic rings. The van der Waals surface area contributed by atoms with Gasteiger partial charge < -0.3 is 10.1 Å². The van der Waals surface area contributed by atoms with Crippen LogP contribution in [-0.4, -0.2) is 22.5 Å². The fourth-order valence-corrected chi connectivity index (χ4v) is 2.66. The molecule has 0 aliphatic heterocycles. The first-order valence-corrected chi connectivity index (χ1v) is 7.22. The number of nitrogens with zero attached hydrogens (tertiary/aromatic N) is 2. The third-order valence-corrected chi connectivity index (χ3v) is 3.74. The summed E-state index contributed by atoms with van der Waals surface area (Å²) in [5.74, 6) is -0.393. The molecule has 7 heteroatoms. The predicted molar refractivity (Wildman–Crippen MR) is 72.2 cm³/mol. The smallest absolute Gasteiger partial charge is 0.360 e. The highest BCUT2D eigenvalue weighted by Gasteiger charge is 2.15. The van der Waals surface area contributed by atoms with Crippen LogP contribution in [0.1, 0.15) is 28.1 Å². The molecule has 2 aromatic heterocycles. The SMILES string of the molecule is CCOC(=O)c1ncsc1NCc1csc(C)n1. The molecule has 18 heavy (non-hydrogen) atoms. The summed E-state index contributed by atoms with van der Waals surface area (Å²) in [6.45, 7) is 4.67. The van der Waals surface area contributed by atoms with Gasteiger partial charge in [-0.25, -0.2) is 14.8 Å². The fourth-order valence-electron chi connectivity index (χ4n) is 1.38. The number of aromatic nitrogens is 2. The third-order valence-electron chi connectivity index (χ3n) is 2.13. The third kappa shape index (κ3) is 3.05. The molecule has 0 atom stereocenters. The normalized spacial score (nSPS) is 10.3. The molecule has 0 aliphatic rings. The van der Waals surface area contributed by atoms with Gasteiger partial charge >= 0.3 is 5.97 Å². The molecule has 0 saturated carbocycles. The Bertz CT molecular complexity index is 536. The van der Waals surface area contributed by atoms with Crippen LogP contribution in [0.4, 0.5) is 5.00 Å². The maximum atomic E-state index is 11.6. The lowest BCUT2D eigenvalue weighted by Crippen LogP contribution is -2.09. The van der Waals surface area contributed by atoms with Gasteiger partial charge in [0.1, 0.15) is 5.00 Å². The number of esters is 1. The lowest BCUT2D eigenvalue weighted by molar-refractivity contribution is 0.0521. The summed E-state index contributed by atoms with van der Waals surface area (Å²) in [4.78, 5) is 20.0. The molecule has 0 saturated heterocycles. The molecule has 0 fully saturated rings. The molecule has 0 radical (unpaired) electrons. The molecule has 0 bridgehead atoms. The van der Waals surface area contributed by atoms with E-state index >= 15 is 0 Å². The van der Waals surface area contributed by atoms with E-state index in [9.17, 15) is 4.79 Å². The maximum absolute atomic E-state index is 11.6. The second-order valence-electron chi connectivity index (χ2n) is 3.46. The van der Waals surface area contributed by atoms with E-state index in [0.717, 1.165) is 15.7 Å². The van der Waals surface area contributed by atoms with E-state index in [1.54, 1.807) is 23.8 Å². The number of anilines is 1. The van der Waals surface area contributed by atoms with Crippen LogP contribution in [-0.2, 0) is 11.3 Å². The van der Waals surface area contributed by atoms with Crippen LogP contribution in [0.2, 0.25) is 0 Å². The highest BCUT2D eigenvalue weighted by Crippen LogP contribution is 2.22. The summed E-state index contributed by atoms with van der Waals surface area (Å²) in [7, 11) is 0. The minimum absolute atomic E-state index is 0.341.